The quantitative estimate of drug-likeness (QED) is 0.904. The second kappa shape index (κ2) is 5.16. The molecular formula is C18H26N2. The van der Waals surface area contributed by atoms with Crippen molar-refractivity contribution < 1.29 is 0 Å². The first-order valence-corrected chi connectivity index (χ1v) is 8.41. The molecule has 1 aromatic carbocycles. The first-order chi connectivity index (χ1) is 9.86. The molecule has 2 nitrogen and oxygen atoms in total. The number of hydrogen-bond acceptors (Lipinski definition) is 2. The van der Waals surface area contributed by atoms with Gasteiger partial charge in [-0.3, -0.25) is 4.90 Å². The number of benzene rings is 1. The van der Waals surface area contributed by atoms with E-state index in [1.165, 1.54) is 37.8 Å². The third-order valence-corrected chi connectivity index (χ3v) is 5.59. The maximum Gasteiger partial charge on any atom is 0.0476 e. The summed E-state index contributed by atoms with van der Waals surface area (Å²) in [6, 6.07) is 13.3. The van der Waals surface area contributed by atoms with Crippen molar-refractivity contribution in [3.05, 3.63) is 35.9 Å². The molecule has 4 atom stereocenters. The summed E-state index contributed by atoms with van der Waals surface area (Å²) < 4.78 is 0. The van der Waals surface area contributed by atoms with Crippen LogP contribution >= 0.6 is 0 Å². The first kappa shape index (κ1) is 12.8. The lowest BCUT2D eigenvalue weighted by molar-refractivity contribution is 0.108. The Morgan fingerprint density at radius 2 is 2.00 bits per heavy atom. The van der Waals surface area contributed by atoms with E-state index in [9.17, 15) is 0 Å². The van der Waals surface area contributed by atoms with E-state index in [-0.39, 0.29) is 0 Å². The SMILES string of the molecule is CCC1CC1N1CC(C2CC2)NCC1c1ccccc1. The monoisotopic (exact) mass is 270 g/mol. The molecule has 0 aromatic heterocycles. The van der Waals surface area contributed by atoms with E-state index in [0.29, 0.717) is 6.04 Å². The Labute approximate surface area is 122 Å². The van der Waals surface area contributed by atoms with E-state index in [2.05, 4.69) is 47.5 Å². The molecule has 1 saturated heterocycles. The van der Waals surface area contributed by atoms with Gasteiger partial charge < -0.3 is 5.32 Å². The van der Waals surface area contributed by atoms with Crippen molar-refractivity contribution in [2.24, 2.45) is 11.8 Å². The average molecular weight is 270 g/mol. The van der Waals surface area contributed by atoms with Gasteiger partial charge in [-0.05, 0) is 36.7 Å². The van der Waals surface area contributed by atoms with Crippen molar-refractivity contribution in [2.45, 2.75) is 50.7 Å². The summed E-state index contributed by atoms with van der Waals surface area (Å²) in [6.07, 6.45) is 5.67. The van der Waals surface area contributed by atoms with Crippen molar-refractivity contribution >= 4 is 0 Å². The van der Waals surface area contributed by atoms with Gasteiger partial charge in [0, 0.05) is 31.2 Å². The lowest BCUT2D eigenvalue weighted by Crippen LogP contribution is -2.54. The molecule has 4 unspecified atom stereocenters. The standard InChI is InChI=1S/C18H26N2/c1-2-13-10-17(13)20-12-16(14-8-9-14)19-11-18(20)15-6-4-3-5-7-15/h3-7,13-14,16-19H,2,8-12H2,1H3. The molecule has 3 aliphatic rings. The lowest BCUT2D eigenvalue weighted by Gasteiger charge is -2.41. The predicted octanol–water partition coefficient (Wildman–Crippen LogP) is 3.21. The van der Waals surface area contributed by atoms with Gasteiger partial charge in [0.05, 0.1) is 0 Å². The zero-order valence-electron chi connectivity index (χ0n) is 12.5. The molecule has 0 amide bonds. The van der Waals surface area contributed by atoms with Crippen molar-refractivity contribution in [3.8, 4) is 0 Å². The molecule has 1 aromatic rings. The molecule has 1 heterocycles. The summed E-state index contributed by atoms with van der Waals surface area (Å²) in [5, 5.41) is 3.83. The highest BCUT2D eigenvalue weighted by Crippen LogP contribution is 2.45. The van der Waals surface area contributed by atoms with Crippen molar-refractivity contribution in [3.63, 3.8) is 0 Å². The number of nitrogens with one attached hydrogen (secondary N) is 1. The minimum atomic E-state index is 0.591. The van der Waals surface area contributed by atoms with Crippen LogP contribution in [-0.4, -0.2) is 30.1 Å². The molecule has 20 heavy (non-hydrogen) atoms. The smallest absolute Gasteiger partial charge is 0.0476 e. The van der Waals surface area contributed by atoms with Crippen LogP contribution in [0.5, 0.6) is 0 Å². The fourth-order valence-electron chi connectivity index (χ4n) is 4.04. The summed E-state index contributed by atoms with van der Waals surface area (Å²) >= 11 is 0. The molecule has 2 heteroatoms. The molecule has 0 bridgehead atoms. The second-order valence-electron chi connectivity index (χ2n) is 6.95. The van der Waals surface area contributed by atoms with Gasteiger partial charge in [-0.2, -0.15) is 0 Å². The molecule has 1 N–H and O–H groups in total. The predicted molar refractivity (Wildman–Crippen MR) is 82.6 cm³/mol. The zero-order chi connectivity index (χ0) is 13.5. The summed E-state index contributed by atoms with van der Waals surface area (Å²) in [6.45, 7) is 4.76. The highest BCUT2D eigenvalue weighted by atomic mass is 15.3. The molecule has 4 rings (SSSR count). The van der Waals surface area contributed by atoms with Gasteiger partial charge in [0.2, 0.25) is 0 Å². The Kier molecular flexibility index (Phi) is 3.31. The largest absolute Gasteiger partial charge is 0.311 e. The van der Waals surface area contributed by atoms with Crippen LogP contribution in [0.2, 0.25) is 0 Å². The second-order valence-corrected chi connectivity index (χ2v) is 6.95. The third kappa shape index (κ3) is 2.40. The van der Waals surface area contributed by atoms with E-state index < -0.39 is 0 Å². The Hall–Kier alpha value is -0.860. The van der Waals surface area contributed by atoms with Gasteiger partial charge in [-0.25, -0.2) is 0 Å². The van der Waals surface area contributed by atoms with Gasteiger partial charge in [-0.1, -0.05) is 43.7 Å². The Bertz CT molecular complexity index is 454. The summed E-state index contributed by atoms with van der Waals surface area (Å²) in [5.74, 6) is 1.92. The zero-order valence-corrected chi connectivity index (χ0v) is 12.5. The third-order valence-electron chi connectivity index (χ3n) is 5.59. The van der Waals surface area contributed by atoms with Crippen molar-refractivity contribution in [2.75, 3.05) is 13.1 Å². The Morgan fingerprint density at radius 1 is 1.20 bits per heavy atom. The van der Waals surface area contributed by atoms with Crippen LogP contribution in [0.1, 0.15) is 44.2 Å². The normalized spacial score (nSPS) is 37.9. The van der Waals surface area contributed by atoms with Crippen LogP contribution in [0.25, 0.3) is 0 Å². The molecule has 2 aliphatic carbocycles. The minimum Gasteiger partial charge on any atom is -0.311 e. The number of piperazine rings is 1. The van der Waals surface area contributed by atoms with E-state index in [0.717, 1.165) is 30.5 Å². The van der Waals surface area contributed by atoms with Crippen LogP contribution in [0.4, 0.5) is 0 Å². The fourth-order valence-corrected chi connectivity index (χ4v) is 4.04. The van der Waals surface area contributed by atoms with Gasteiger partial charge in [0.1, 0.15) is 0 Å². The van der Waals surface area contributed by atoms with Gasteiger partial charge in [-0.15, -0.1) is 0 Å². The highest BCUT2D eigenvalue weighted by molar-refractivity contribution is 5.22. The molecule has 3 fully saturated rings. The topological polar surface area (TPSA) is 15.3 Å². The van der Waals surface area contributed by atoms with E-state index in [1.54, 1.807) is 0 Å². The van der Waals surface area contributed by atoms with Crippen LogP contribution < -0.4 is 5.32 Å². The lowest BCUT2D eigenvalue weighted by atomic mass is 9.98. The van der Waals surface area contributed by atoms with Gasteiger partial charge in [0.25, 0.3) is 0 Å². The van der Waals surface area contributed by atoms with Crippen LogP contribution in [0.15, 0.2) is 30.3 Å². The van der Waals surface area contributed by atoms with Crippen LogP contribution in [0.3, 0.4) is 0 Å². The van der Waals surface area contributed by atoms with Gasteiger partial charge >= 0.3 is 0 Å². The molecule has 0 radical (unpaired) electrons. The van der Waals surface area contributed by atoms with Crippen molar-refractivity contribution in [1.29, 1.82) is 0 Å². The maximum absolute atomic E-state index is 3.83. The minimum absolute atomic E-state index is 0.591. The average Bonchev–Trinajstić information content (AvgIpc) is 3.41. The highest BCUT2D eigenvalue weighted by Gasteiger charge is 2.47. The van der Waals surface area contributed by atoms with Crippen LogP contribution in [-0.2, 0) is 0 Å². The molecule has 0 spiro atoms. The van der Waals surface area contributed by atoms with E-state index in [1.807, 2.05) is 0 Å². The van der Waals surface area contributed by atoms with E-state index in [4.69, 9.17) is 0 Å². The summed E-state index contributed by atoms with van der Waals surface area (Å²) in [4.78, 5) is 2.84. The summed E-state index contributed by atoms with van der Waals surface area (Å²) in [7, 11) is 0. The number of nitrogens with zero attached hydrogens (tertiary/aromatic N) is 1. The molecule has 108 valence electrons. The Morgan fingerprint density at radius 3 is 2.65 bits per heavy atom. The Balaban J connectivity index is 1.54. The van der Waals surface area contributed by atoms with Crippen LogP contribution in [0, 0.1) is 11.8 Å². The molecular weight excluding hydrogens is 244 g/mol. The first-order valence-electron chi connectivity index (χ1n) is 8.41. The van der Waals surface area contributed by atoms with Crippen molar-refractivity contribution in [1.82, 2.24) is 10.2 Å². The summed E-state index contributed by atoms with van der Waals surface area (Å²) in [5.41, 5.74) is 1.50. The van der Waals surface area contributed by atoms with Gasteiger partial charge in [0.15, 0.2) is 0 Å². The fraction of sp³-hybridized carbons (Fsp3) is 0.667. The molecule has 2 saturated carbocycles. The number of rotatable bonds is 4. The molecule has 1 aliphatic heterocycles. The maximum atomic E-state index is 3.83. The van der Waals surface area contributed by atoms with E-state index >= 15 is 0 Å². The number of hydrogen-bond donors (Lipinski definition) is 1.